The first-order valence-corrected chi connectivity index (χ1v) is 9.93. The van der Waals surface area contributed by atoms with Crippen LogP contribution in [0.2, 0.25) is 0 Å². The van der Waals surface area contributed by atoms with Gasteiger partial charge in [0.1, 0.15) is 11.5 Å². The van der Waals surface area contributed by atoms with Crippen LogP contribution in [0.5, 0.6) is 11.5 Å². The van der Waals surface area contributed by atoms with Crippen LogP contribution in [0.1, 0.15) is 35.2 Å². The van der Waals surface area contributed by atoms with Gasteiger partial charge in [-0.3, -0.25) is 9.59 Å². The van der Waals surface area contributed by atoms with E-state index in [9.17, 15) is 9.59 Å². The van der Waals surface area contributed by atoms with Gasteiger partial charge in [-0.05, 0) is 42.3 Å². The van der Waals surface area contributed by atoms with Gasteiger partial charge in [-0.15, -0.1) is 0 Å². The number of likely N-dealkylation sites (tertiary alicyclic amines) is 1. The van der Waals surface area contributed by atoms with Crippen LogP contribution in [0.25, 0.3) is 0 Å². The lowest BCUT2D eigenvalue weighted by molar-refractivity contribution is -0.124. The molecule has 0 radical (unpaired) electrons. The van der Waals surface area contributed by atoms with E-state index in [4.69, 9.17) is 9.47 Å². The van der Waals surface area contributed by atoms with E-state index in [-0.39, 0.29) is 23.7 Å². The van der Waals surface area contributed by atoms with Crippen LogP contribution in [-0.2, 0) is 4.79 Å². The van der Waals surface area contributed by atoms with Gasteiger partial charge >= 0.3 is 0 Å². The van der Waals surface area contributed by atoms with Crippen molar-refractivity contribution < 1.29 is 19.1 Å². The average Bonchev–Trinajstić information content (AvgIpc) is 3.22. The van der Waals surface area contributed by atoms with Gasteiger partial charge in [0.05, 0.1) is 20.1 Å². The van der Waals surface area contributed by atoms with Gasteiger partial charge < -0.3 is 19.7 Å². The molecule has 6 heteroatoms. The summed E-state index contributed by atoms with van der Waals surface area (Å²) in [6, 6.07) is 14.8. The molecule has 1 fully saturated rings. The van der Waals surface area contributed by atoms with E-state index in [1.54, 1.807) is 43.4 Å². The minimum Gasteiger partial charge on any atom is -0.497 e. The number of carbonyl (C=O) groups excluding carboxylic acids is 2. The lowest BCUT2D eigenvalue weighted by Crippen LogP contribution is -2.36. The molecule has 6 nitrogen and oxygen atoms in total. The summed E-state index contributed by atoms with van der Waals surface area (Å²) in [6.45, 7) is 3.49. The third-order valence-corrected chi connectivity index (χ3v) is 5.37. The minimum atomic E-state index is -0.319. The number of hydrogen-bond donors (Lipinski definition) is 1. The smallest absolute Gasteiger partial charge is 0.253 e. The average molecular weight is 396 g/mol. The van der Waals surface area contributed by atoms with Crippen molar-refractivity contribution in [1.29, 1.82) is 0 Å². The highest BCUT2D eigenvalue weighted by atomic mass is 16.5. The fourth-order valence-corrected chi connectivity index (χ4v) is 3.82. The first kappa shape index (κ1) is 20.7. The largest absolute Gasteiger partial charge is 0.497 e. The summed E-state index contributed by atoms with van der Waals surface area (Å²) in [4.78, 5) is 27.7. The second-order valence-electron chi connectivity index (χ2n) is 7.18. The van der Waals surface area contributed by atoms with Crippen molar-refractivity contribution in [2.75, 3.05) is 33.9 Å². The number of benzene rings is 2. The molecule has 2 atom stereocenters. The zero-order chi connectivity index (χ0) is 20.8. The maximum atomic E-state index is 13.1. The van der Waals surface area contributed by atoms with Gasteiger partial charge in [-0.25, -0.2) is 0 Å². The molecule has 2 aromatic carbocycles. The van der Waals surface area contributed by atoms with Gasteiger partial charge in [-0.2, -0.15) is 0 Å². The summed E-state index contributed by atoms with van der Waals surface area (Å²) >= 11 is 0. The van der Waals surface area contributed by atoms with Crippen LogP contribution >= 0.6 is 0 Å². The van der Waals surface area contributed by atoms with Gasteiger partial charge in [-0.1, -0.05) is 25.1 Å². The Hall–Kier alpha value is -3.02. The van der Waals surface area contributed by atoms with Crippen molar-refractivity contribution in [3.8, 4) is 11.5 Å². The second-order valence-corrected chi connectivity index (χ2v) is 7.18. The first-order valence-electron chi connectivity index (χ1n) is 9.93. The molecule has 0 aliphatic carbocycles. The van der Waals surface area contributed by atoms with E-state index >= 15 is 0 Å². The third kappa shape index (κ3) is 4.53. The summed E-state index contributed by atoms with van der Waals surface area (Å²) < 4.78 is 10.7. The van der Waals surface area contributed by atoms with Crippen LogP contribution in [0.15, 0.2) is 48.5 Å². The minimum absolute atomic E-state index is 0.0206. The lowest BCUT2D eigenvalue weighted by Gasteiger charge is -2.20. The summed E-state index contributed by atoms with van der Waals surface area (Å²) in [5, 5.41) is 2.99. The molecule has 2 aromatic rings. The number of amides is 2. The zero-order valence-electron chi connectivity index (χ0n) is 17.2. The number of nitrogens with one attached hydrogen (secondary N) is 1. The van der Waals surface area contributed by atoms with E-state index < -0.39 is 0 Å². The van der Waals surface area contributed by atoms with E-state index in [2.05, 4.69) is 5.32 Å². The molecule has 154 valence electrons. The number of ether oxygens (including phenoxy) is 2. The molecule has 0 saturated carbocycles. The van der Waals surface area contributed by atoms with Crippen molar-refractivity contribution in [3.05, 3.63) is 59.7 Å². The van der Waals surface area contributed by atoms with Crippen LogP contribution in [0.3, 0.4) is 0 Å². The van der Waals surface area contributed by atoms with Gasteiger partial charge in [0.25, 0.3) is 5.91 Å². The molecule has 29 heavy (non-hydrogen) atoms. The SMILES string of the molecule is CCCNC(=O)C1CN(C(=O)c2ccc(OC)cc2)CC1c1ccccc1OC. The highest BCUT2D eigenvalue weighted by molar-refractivity contribution is 5.95. The normalized spacial score (nSPS) is 18.4. The van der Waals surface area contributed by atoms with Crippen molar-refractivity contribution >= 4 is 11.8 Å². The Balaban J connectivity index is 1.87. The number of rotatable bonds is 7. The molecule has 1 saturated heterocycles. The third-order valence-electron chi connectivity index (χ3n) is 5.37. The van der Waals surface area contributed by atoms with Crippen LogP contribution in [0, 0.1) is 5.92 Å². The van der Waals surface area contributed by atoms with Crippen molar-refractivity contribution in [3.63, 3.8) is 0 Å². The monoisotopic (exact) mass is 396 g/mol. The molecule has 2 amide bonds. The Morgan fingerprint density at radius 2 is 1.76 bits per heavy atom. The first-order chi connectivity index (χ1) is 14.1. The highest BCUT2D eigenvalue weighted by Gasteiger charge is 2.41. The Kier molecular flexibility index (Phi) is 6.75. The lowest BCUT2D eigenvalue weighted by atomic mass is 9.87. The highest BCUT2D eigenvalue weighted by Crippen LogP contribution is 2.38. The molecule has 0 spiro atoms. The quantitative estimate of drug-likeness (QED) is 0.781. The number of carbonyl (C=O) groups is 2. The number of nitrogens with zero attached hydrogens (tertiary/aromatic N) is 1. The fourth-order valence-electron chi connectivity index (χ4n) is 3.82. The zero-order valence-corrected chi connectivity index (χ0v) is 17.2. The van der Waals surface area contributed by atoms with E-state index in [0.717, 1.165) is 17.7 Å². The maximum Gasteiger partial charge on any atom is 0.253 e. The molecular formula is C23H28N2O4. The molecule has 1 heterocycles. The molecule has 3 rings (SSSR count). The summed E-state index contributed by atoms with van der Waals surface area (Å²) in [7, 11) is 3.22. The number of methoxy groups -OCH3 is 2. The molecule has 2 unspecified atom stereocenters. The Bertz CT molecular complexity index is 850. The fraction of sp³-hybridized carbons (Fsp3) is 0.391. The van der Waals surface area contributed by atoms with E-state index in [1.807, 2.05) is 31.2 Å². The molecule has 0 bridgehead atoms. The van der Waals surface area contributed by atoms with Gasteiger partial charge in [0.15, 0.2) is 0 Å². The van der Waals surface area contributed by atoms with E-state index in [0.29, 0.717) is 30.9 Å². The summed E-state index contributed by atoms with van der Waals surface area (Å²) in [6.07, 6.45) is 0.867. The number of hydrogen-bond acceptors (Lipinski definition) is 4. The summed E-state index contributed by atoms with van der Waals surface area (Å²) in [5.41, 5.74) is 1.54. The van der Waals surface area contributed by atoms with Gasteiger partial charge in [0, 0.05) is 31.1 Å². The van der Waals surface area contributed by atoms with E-state index in [1.165, 1.54) is 0 Å². The molecule has 1 aliphatic heterocycles. The molecular weight excluding hydrogens is 368 g/mol. The summed E-state index contributed by atoms with van der Waals surface area (Å²) in [5.74, 6) is 0.896. The van der Waals surface area contributed by atoms with Crippen LogP contribution < -0.4 is 14.8 Å². The predicted molar refractivity (Wildman–Crippen MR) is 111 cm³/mol. The Morgan fingerprint density at radius 3 is 2.41 bits per heavy atom. The maximum absolute atomic E-state index is 13.1. The van der Waals surface area contributed by atoms with Gasteiger partial charge in [0.2, 0.25) is 5.91 Å². The van der Waals surface area contributed by atoms with Crippen molar-refractivity contribution in [1.82, 2.24) is 10.2 Å². The van der Waals surface area contributed by atoms with Crippen molar-refractivity contribution in [2.45, 2.75) is 19.3 Å². The topological polar surface area (TPSA) is 67.9 Å². The molecule has 1 aliphatic rings. The van der Waals surface area contributed by atoms with Crippen LogP contribution in [-0.4, -0.2) is 50.6 Å². The van der Waals surface area contributed by atoms with Crippen molar-refractivity contribution in [2.24, 2.45) is 5.92 Å². The Morgan fingerprint density at radius 1 is 1.03 bits per heavy atom. The molecule has 1 N–H and O–H groups in total. The van der Waals surface area contributed by atoms with Crippen LogP contribution in [0.4, 0.5) is 0 Å². The Labute approximate surface area is 171 Å². The number of para-hydroxylation sites is 1. The molecule has 0 aromatic heterocycles. The standard InChI is InChI=1S/C23H28N2O4/c1-4-13-24-22(26)20-15-25(23(27)16-9-11-17(28-2)12-10-16)14-19(20)18-7-5-6-8-21(18)29-3/h5-12,19-20H,4,13-15H2,1-3H3,(H,24,26). The second kappa shape index (κ2) is 9.45. The predicted octanol–water partition coefficient (Wildman–Crippen LogP) is 3.09.